The van der Waals surface area contributed by atoms with E-state index in [0.717, 1.165) is 6.07 Å². The lowest BCUT2D eigenvalue weighted by atomic mass is 10.2. The lowest BCUT2D eigenvalue weighted by molar-refractivity contribution is 0.102. The number of benzene rings is 1. The zero-order valence-corrected chi connectivity index (χ0v) is 9.64. The SMILES string of the molecule is Cc1cc(C(=O)Nc2ccc(O)cc2F)ccn1. The number of hydrogen-bond donors (Lipinski definition) is 2. The molecule has 0 fully saturated rings. The molecule has 18 heavy (non-hydrogen) atoms. The Balaban J connectivity index is 2.21. The summed E-state index contributed by atoms with van der Waals surface area (Å²) in [5.41, 5.74) is 1.12. The summed E-state index contributed by atoms with van der Waals surface area (Å²) < 4.78 is 13.4. The predicted octanol–water partition coefficient (Wildman–Crippen LogP) is 2.49. The first-order chi connectivity index (χ1) is 8.56. The fourth-order valence-electron chi connectivity index (χ4n) is 1.49. The smallest absolute Gasteiger partial charge is 0.255 e. The molecule has 0 aliphatic carbocycles. The van der Waals surface area contributed by atoms with Crippen LogP contribution in [0.25, 0.3) is 0 Å². The number of nitrogens with one attached hydrogen (secondary N) is 1. The minimum atomic E-state index is -0.686. The first-order valence-electron chi connectivity index (χ1n) is 5.29. The number of aryl methyl sites for hydroxylation is 1. The van der Waals surface area contributed by atoms with Gasteiger partial charge in [0, 0.05) is 23.5 Å². The lowest BCUT2D eigenvalue weighted by Crippen LogP contribution is -2.13. The van der Waals surface area contributed by atoms with Crippen molar-refractivity contribution in [3.63, 3.8) is 0 Å². The number of aromatic hydroxyl groups is 1. The number of carbonyl (C=O) groups is 1. The summed E-state index contributed by atoms with van der Waals surface area (Å²) in [5.74, 6) is -1.30. The molecule has 0 bridgehead atoms. The second-order valence-electron chi connectivity index (χ2n) is 3.80. The zero-order valence-electron chi connectivity index (χ0n) is 9.64. The Bertz CT molecular complexity index is 599. The van der Waals surface area contributed by atoms with E-state index in [9.17, 15) is 9.18 Å². The average Bonchev–Trinajstić information content (AvgIpc) is 2.32. The summed E-state index contributed by atoms with van der Waals surface area (Å²) in [6.07, 6.45) is 1.51. The van der Waals surface area contributed by atoms with Crippen molar-refractivity contribution in [3.05, 3.63) is 53.6 Å². The van der Waals surface area contributed by atoms with Crippen LogP contribution in [0.5, 0.6) is 5.75 Å². The van der Waals surface area contributed by atoms with Crippen LogP contribution in [-0.2, 0) is 0 Å². The summed E-state index contributed by atoms with van der Waals surface area (Å²) in [6.45, 7) is 1.76. The normalized spacial score (nSPS) is 10.1. The molecule has 0 spiro atoms. The molecule has 0 unspecified atom stereocenters. The Labute approximate surface area is 103 Å². The van der Waals surface area contributed by atoms with E-state index in [4.69, 9.17) is 5.11 Å². The van der Waals surface area contributed by atoms with Gasteiger partial charge < -0.3 is 10.4 Å². The molecule has 2 aromatic rings. The molecular formula is C13H11FN2O2. The molecule has 1 aromatic heterocycles. The third-order valence-electron chi connectivity index (χ3n) is 2.36. The molecule has 0 aliphatic heterocycles. The largest absolute Gasteiger partial charge is 0.508 e. The van der Waals surface area contributed by atoms with Crippen molar-refractivity contribution < 1.29 is 14.3 Å². The molecule has 0 atom stereocenters. The van der Waals surface area contributed by atoms with Crippen LogP contribution in [0.4, 0.5) is 10.1 Å². The van der Waals surface area contributed by atoms with E-state index >= 15 is 0 Å². The Kier molecular flexibility index (Phi) is 3.23. The summed E-state index contributed by atoms with van der Waals surface area (Å²) in [5, 5.41) is 11.5. The second kappa shape index (κ2) is 4.83. The fraction of sp³-hybridized carbons (Fsp3) is 0.0769. The maximum absolute atomic E-state index is 13.4. The van der Waals surface area contributed by atoms with E-state index in [0.29, 0.717) is 11.3 Å². The van der Waals surface area contributed by atoms with Gasteiger partial charge in [0.25, 0.3) is 5.91 Å². The van der Waals surface area contributed by atoms with Gasteiger partial charge in [-0.2, -0.15) is 0 Å². The molecule has 92 valence electrons. The second-order valence-corrected chi connectivity index (χ2v) is 3.80. The quantitative estimate of drug-likeness (QED) is 0.800. The maximum Gasteiger partial charge on any atom is 0.255 e. The number of pyridine rings is 1. The molecule has 1 heterocycles. The lowest BCUT2D eigenvalue weighted by Gasteiger charge is -2.07. The predicted molar refractivity (Wildman–Crippen MR) is 65.0 cm³/mol. The van der Waals surface area contributed by atoms with Crippen molar-refractivity contribution in [2.75, 3.05) is 5.32 Å². The van der Waals surface area contributed by atoms with Crippen LogP contribution < -0.4 is 5.32 Å². The highest BCUT2D eigenvalue weighted by atomic mass is 19.1. The third kappa shape index (κ3) is 2.63. The highest BCUT2D eigenvalue weighted by Crippen LogP contribution is 2.20. The molecule has 4 nitrogen and oxygen atoms in total. The number of aromatic nitrogens is 1. The number of halogens is 1. The summed E-state index contributed by atoms with van der Waals surface area (Å²) >= 11 is 0. The van der Waals surface area contributed by atoms with Crippen LogP contribution in [0.2, 0.25) is 0 Å². The Hall–Kier alpha value is -2.43. The van der Waals surface area contributed by atoms with Crippen molar-refractivity contribution in [1.29, 1.82) is 0 Å². The van der Waals surface area contributed by atoms with Gasteiger partial charge in [0.05, 0.1) is 5.69 Å². The molecule has 0 radical (unpaired) electrons. The number of hydrogen-bond acceptors (Lipinski definition) is 3. The summed E-state index contributed by atoms with van der Waals surface area (Å²) in [6, 6.07) is 6.69. The topological polar surface area (TPSA) is 62.2 Å². The van der Waals surface area contributed by atoms with Gasteiger partial charge in [-0.1, -0.05) is 0 Å². The van der Waals surface area contributed by atoms with Gasteiger partial charge >= 0.3 is 0 Å². The molecule has 1 amide bonds. The number of nitrogens with zero attached hydrogens (tertiary/aromatic N) is 1. The van der Waals surface area contributed by atoms with Crippen LogP contribution >= 0.6 is 0 Å². The van der Waals surface area contributed by atoms with Gasteiger partial charge in [-0.25, -0.2) is 4.39 Å². The van der Waals surface area contributed by atoms with Gasteiger partial charge in [0.1, 0.15) is 11.6 Å². The molecule has 5 heteroatoms. The number of anilines is 1. The van der Waals surface area contributed by atoms with E-state index in [1.54, 1.807) is 19.1 Å². The number of rotatable bonds is 2. The first kappa shape index (κ1) is 12.0. The van der Waals surface area contributed by atoms with Crippen molar-refractivity contribution in [2.24, 2.45) is 0 Å². The van der Waals surface area contributed by atoms with Gasteiger partial charge in [0.15, 0.2) is 0 Å². The van der Waals surface area contributed by atoms with Gasteiger partial charge in [-0.3, -0.25) is 9.78 Å². The third-order valence-corrected chi connectivity index (χ3v) is 2.36. The van der Waals surface area contributed by atoms with Crippen LogP contribution in [-0.4, -0.2) is 16.0 Å². The Morgan fingerprint density at radius 3 is 2.78 bits per heavy atom. The molecule has 0 saturated heterocycles. The molecule has 0 aliphatic rings. The molecule has 2 N–H and O–H groups in total. The number of phenols is 1. The van der Waals surface area contributed by atoms with Gasteiger partial charge in [0.2, 0.25) is 0 Å². The molecule has 1 aromatic carbocycles. The van der Waals surface area contributed by atoms with E-state index < -0.39 is 11.7 Å². The van der Waals surface area contributed by atoms with Crippen LogP contribution in [0.3, 0.4) is 0 Å². The monoisotopic (exact) mass is 246 g/mol. The summed E-state index contributed by atoms with van der Waals surface area (Å²) in [7, 11) is 0. The Morgan fingerprint density at radius 2 is 2.11 bits per heavy atom. The number of phenolic OH excluding ortho intramolecular Hbond substituents is 1. The van der Waals surface area contributed by atoms with Gasteiger partial charge in [-0.15, -0.1) is 0 Å². The minimum absolute atomic E-state index is 0.0206. The summed E-state index contributed by atoms with van der Waals surface area (Å²) in [4.78, 5) is 15.8. The first-order valence-corrected chi connectivity index (χ1v) is 5.29. The fourth-order valence-corrected chi connectivity index (χ4v) is 1.49. The van der Waals surface area contributed by atoms with Crippen molar-refractivity contribution in [1.82, 2.24) is 4.98 Å². The average molecular weight is 246 g/mol. The molecule has 0 saturated carbocycles. The van der Waals surface area contributed by atoms with Crippen molar-refractivity contribution >= 4 is 11.6 Å². The van der Waals surface area contributed by atoms with E-state index in [2.05, 4.69) is 10.3 Å². The zero-order chi connectivity index (χ0) is 13.1. The highest BCUT2D eigenvalue weighted by molar-refractivity contribution is 6.04. The van der Waals surface area contributed by atoms with Crippen molar-refractivity contribution in [3.8, 4) is 5.75 Å². The van der Waals surface area contributed by atoms with Crippen LogP contribution in [0, 0.1) is 12.7 Å². The van der Waals surface area contributed by atoms with Crippen molar-refractivity contribution in [2.45, 2.75) is 6.92 Å². The maximum atomic E-state index is 13.4. The van der Waals surface area contributed by atoms with E-state index in [1.807, 2.05) is 0 Å². The Morgan fingerprint density at radius 1 is 1.33 bits per heavy atom. The van der Waals surface area contributed by atoms with E-state index in [1.165, 1.54) is 18.3 Å². The standard InChI is InChI=1S/C13H11FN2O2/c1-8-6-9(4-5-15-8)13(18)16-12-3-2-10(17)7-11(12)14/h2-7,17H,1H3,(H,16,18). The van der Waals surface area contributed by atoms with Gasteiger partial charge in [-0.05, 0) is 31.2 Å². The number of amides is 1. The van der Waals surface area contributed by atoms with Crippen LogP contribution in [0.1, 0.15) is 16.1 Å². The highest BCUT2D eigenvalue weighted by Gasteiger charge is 2.10. The molecular weight excluding hydrogens is 235 g/mol. The minimum Gasteiger partial charge on any atom is -0.508 e. The number of carbonyl (C=O) groups excluding carboxylic acids is 1. The van der Waals surface area contributed by atoms with E-state index in [-0.39, 0.29) is 11.4 Å². The molecule has 2 rings (SSSR count). The van der Waals surface area contributed by atoms with Crippen LogP contribution in [0.15, 0.2) is 36.5 Å².